The Labute approximate surface area is 127 Å². The van der Waals surface area contributed by atoms with E-state index < -0.39 is 0 Å². The van der Waals surface area contributed by atoms with Gasteiger partial charge in [0.1, 0.15) is 0 Å². The van der Waals surface area contributed by atoms with Crippen LogP contribution in [0.25, 0.3) is 0 Å². The van der Waals surface area contributed by atoms with Crippen molar-refractivity contribution in [3.8, 4) is 0 Å². The van der Waals surface area contributed by atoms with Gasteiger partial charge in [-0.05, 0) is 18.8 Å². The van der Waals surface area contributed by atoms with E-state index in [1.54, 1.807) is 0 Å². The summed E-state index contributed by atoms with van der Waals surface area (Å²) in [6, 6.07) is 0. The number of aryl methyl sites for hydroxylation is 1. The van der Waals surface area contributed by atoms with Gasteiger partial charge in [0.05, 0.1) is 50.2 Å². The smallest absolute Gasteiger partial charge is 0.258 e. The zero-order valence-corrected chi connectivity index (χ0v) is 14.1. The summed E-state index contributed by atoms with van der Waals surface area (Å²) in [5.41, 5.74) is 2.91. The van der Waals surface area contributed by atoms with Crippen molar-refractivity contribution in [2.45, 2.75) is 33.6 Å². The highest BCUT2D eigenvalue weighted by Gasteiger charge is 2.28. The number of quaternary nitrogens is 1. The van der Waals surface area contributed by atoms with Gasteiger partial charge in [0, 0.05) is 7.05 Å². The molecule has 118 valence electrons. The molecule has 0 bridgehead atoms. The summed E-state index contributed by atoms with van der Waals surface area (Å²) in [5, 5.41) is 4.62. The number of nitrogens with one attached hydrogen (secondary N) is 1. The highest BCUT2D eigenvalue weighted by atomic mass is 16.2. The fraction of sp³-hybridized carbons (Fsp3) is 0.750. The summed E-state index contributed by atoms with van der Waals surface area (Å²) in [6.07, 6.45) is 1.72. The third-order valence-corrected chi connectivity index (χ3v) is 4.29. The van der Waals surface area contributed by atoms with Crippen LogP contribution < -0.4 is 4.90 Å². The third kappa shape index (κ3) is 3.46. The second kappa shape index (κ2) is 6.60. The van der Waals surface area contributed by atoms with Crippen molar-refractivity contribution in [2.24, 2.45) is 13.0 Å². The molecule has 1 N–H and O–H groups in total. The Morgan fingerprint density at radius 1 is 1.33 bits per heavy atom. The lowest BCUT2D eigenvalue weighted by atomic mass is 10.0. The molecule has 1 aromatic heterocycles. The largest absolute Gasteiger partial charge is 0.334 e. The molecule has 1 fully saturated rings. The number of hydrogen-bond acceptors (Lipinski definition) is 2. The first-order chi connectivity index (χ1) is 9.93. The second-order valence-corrected chi connectivity index (χ2v) is 6.59. The lowest BCUT2D eigenvalue weighted by molar-refractivity contribution is -0.883. The highest BCUT2D eigenvalue weighted by molar-refractivity contribution is 5.96. The molecule has 1 amide bonds. The molecule has 2 rings (SSSR count). The van der Waals surface area contributed by atoms with Crippen LogP contribution in [0.15, 0.2) is 0 Å². The van der Waals surface area contributed by atoms with Gasteiger partial charge in [-0.3, -0.25) is 9.48 Å². The van der Waals surface area contributed by atoms with Gasteiger partial charge in [-0.15, -0.1) is 0 Å². The minimum Gasteiger partial charge on any atom is -0.334 e. The lowest BCUT2D eigenvalue weighted by Crippen LogP contribution is -3.12. The maximum absolute atomic E-state index is 13.0. The third-order valence-electron chi connectivity index (χ3n) is 4.29. The molecule has 0 aliphatic carbocycles. The van der Waals surface area contributed by atoms with Crippen molar-refractivity contribution in [1.29, 1.82) is 0 Å². The number of amides is 1. The van der Waals surface area contributed by atoms with E-state index >= 15 is 0 Å². The summed E-state index contributed by atoms with van der Waals surface area (Å²) in [5.74, 6) is 0.691. The second-order valence-electron chi connectivity index (χ2n) is 6.59. The fourth-order valence-electron chi connectivity index (χ4n) is 3.05. The molecule has 5 nitrogen and oxygen atoms in total. The van der Waals surface area contributed by atoms with Gasteiger partial charge in [-0.25, -0.2) is 0 Å². The Bertz CT molecular complexity index is 499. The van der Waals surface area contributed by atoms with Crippen LogP contribution in [0, 0.1) is 5.92 Å². The molecule has 0 saturated carbocycles. The first-order valence-electron chi connectivity index (χ1n) is 8.09. The Morgan fingerprint density at radius 2 is 1.95 bits per heavy atom. The van der Waals surface area contributed by atoms with E-state index in [0.29, 0.717) is 5.92 Å². The summed E-state index contributed by atoms with van der Waals surface area (Å²) >= 11 is 0. The molecule has 0 atom stereocenters. The van der Waals surface area contributed by atoms with Crippen molar-refractivity contribution < 1.29 is 9.69 Å². The number of hydrogen-bond donors (Lipinski definition) is 1. The molecule has 21 heavy (non-hydrogen) atoms. The van der Waals surface area contributed by atoms with Crippen LogP contribution in [-0.4, -0.2) is 53.8 Å². The topological polar surface area (TPSA) is 42.6 Å². The zero-order valence-electron chi connectivity index (χ0n) is 14.1. The summed E-state index contributed by atoms with van der Waals surface area (Å²) in [6.45, 7) is 10.2. The zero-order chi connectivity index (χ0) is 15.6. The molecule has 0 unspecified atom stereocenters. The number of likely N-dealkylation sites (N-methyl/N-ethyl adjacent to an activating group) is 1. The molecule has 1 aliphatic rings. The van der Waals surface area contributed by atoms with Gasteiger partial charge in [-0.1, -0.05) is 20.8 Å². The summed E-state index contributed by atoms with van der Waals surface area (Å²) in [7, 11) is 4.14. The molecular weight excluding hydrogens is 264 g/mol. The molecular formula is C16H29N4O+. The predicted octanol–water partition coefficient (Wildman–Crippen LogP) is 0.152. The molecule has 0 radical (unpaired) electrons. The van der Waals surface area contributed by atoms with Gasteiger partial charge < -0.3 is 9.80 Å². The molecule has 0 spiro atoms. The molecule has 5 heteroatoms. The van der Waals surface area contributed by atoms with Crippen LogP contribution in [0.1, 0.15) is 42.5 Å². The number of piperazine rings is 1. The van der Waals surface area contributed by atoms with E-state index in [-0.39, 0.29) is 5.91 Å². The van der Waals surface area contributed by atoms with E-state index in [0.717, 1.165) is 56.0 Å². The monoisotopic (exact) mass is 293 g/mol. The van der Waals surface area contributed by atoms with E-state index in [1.165, 1.54) is 4.90 Å². The first-order valence-corrected chi connectivity index (χ1v) is 8.09. The maximum Gasteiger partial charge on any atom is 0.258 e. The Morgan fingerprint density at radius 3 is 2.48 bits per heavy atom. The minimum atomic E-state index is 0.183. The standard InChI is InChI=1S/C16H28N4O/c1-6-14-15(13(11-12(2)3)17-19(14)5)16(21)20-9-7-18(4)8-10-20/h12H,6-11H2,1-5H3/p+1. The van der Waals surface area contributed by atoms with Gasteiger partial charge in [0.15, 0.2) is 0 Å². The number of rotatable bonds is 4. The van der Waals surface area contributed by atoms with Crippen LogP contribution in [0.4, 0.5) is 0 Å². The lowest BCUT2D eigenvalue weighted by Gasteiger charge is -2.30. The Kier molecular flexibility index (Phi) is 5.04. The van der Waals surface area contributed by atoms with E-state index in [2.05, 4.69) is 32.9 Å². The van der Waals surface area contributed by atoms with Gasteiger partial charge in [-0.2, -0.15) is 5.10 Å². The van der Waals surface area contributed by atoms with Crippen molar-refractivity contribution >= 4 is 5.91 Å². The van der Waals surface area contributed by atoms with Crippen molar-refractivity contribution in [3.05, 3.63) is 17.0 Å². The number of aromatic nitrogens is 2. The molecule has 1 aliphatic heterocycles. The van der Waals surface area contributed by atoms with Crippen LogP contribution in [0.2, 0.25) is 0 Å². The van der Waals surface area contributed by atoms with Crippen LogP contribution in [-0.2, 0) is 19.9 Å². The molecule has 1 saturated heterocycles. The number of nitrogens with zero attached hydrogens (tertiary/aromatic N) is 3. The Balaban J connectivity index is 2.29. The fourth-order valence-corrected chi connectivity index (χ4v) is 3.05. The van der Waals surface area contributed by atoms with Crippen molar-refractivity contribution in [3.63, 3.8) is 0 Å². The minimum absolute atomic E-state index is 0.183. The molecule has 2 heterocycles. The SMILES string of the molecule is CCc1c(C(=O)N2CC[NH+](C)CC2)c(CC(C)C)nn1C. The van der Waals surface area contributed by atoms with Crippen molar-refractivity contribution in [1.82, 2.24) is 14.7 Å². The normalized spacial score (nSPS) is 16.8. The quantitative estimate of drug-likeness (QED) is 0.859. The average molecular weight is 293 g/mol. The van der Waals surface area contributed by atoms with Crippen LogP contribution in [0.3, 0.4) is 0 Å². The maximum atomic E-state index is 13.0. The van der Waals surface area contributed by atoms with E-state index in [1.807, 2.05) is 16.6 Å². The summed E-state index contributed by atoms with van der Waals surface area (Å²) in [4.78, 5) is 16.5. The first kappa shape index (κ1) is 16.0. The molecule has 0 aromatic carbocycles. The molecule has 1 aromatic rings. The van der Waals surface area contributed by atoms with E-state index in [9.17, 15) is 4.79 Å². The average Bonchev–Trinajstić information content (AvgIpc) is 2.73. The van der Waals surface area contributed by atoms with Crippen LogP contribution in [0.5, 0.6) is 0 Å². The number of carbonyl (C=O) groups is 1. The predicted molar refractivity (Wildman–Crippen MR) is 83.7 cm³/mol. The van der Waals surface area contributed by atoms with Gasteiger partial charge in [0.25, 0.3) is 5.91 Å². The van der Waals surface area contributed by atoms with Gasteiger partial charge >= 0.3 is 0 Å². The number of carbonyl (C=O) groups excluding carboxylic acids is 1. The van der Waals surface area contributed by atoms with Crippen LogP contribution >= 0.6 is 0 Å². The highest BCUT2D eigenvalue weighted by Crippen LogP contribution is 2.20. The van der Waals surface area contributed by atoms with Gasteiger partial charge in [0.2, 0.25) is 0 Å². The summed E-state index contributed by atoms with van der Waals surface area (Å²) < 4.78 is 1.90. The van der Waals surface area contributed by atoms with Crippen molar-refractivity contribution in [2.75, 3.05) is 33.2 Å². The van der Waals surface area contributed by atoms with E-state index in [4.69, 9.17) is 0 Å². The Hall–Kier alpha value is -1.36.